The largest absolute Gasteiger partial charge is 0.506 e. The average molecular weight is 293 g/mol. The molecule has 114 valence electrons. The van der Waals surface area contributed by atoms with Gasteiger partial charge in [-0.05, 0) is 38.0 Å². The highest BCUT2D eigenvalue weighted by Gasteiger charge is 2.41. The van der Waals surface area contributed by atoms with E-state index < -0.39 is 5.97 Å². The molecule has 2 rings (SSSR count). The van der Waals surface area contributed by atoms with Gasteiger partial charge >= 0.3 is 5.97 Å². The van der Waals surface area contributed by atoms with Crippen molar-refractivity contribution < 1.29 is 24.5 Å². The van der Waals surface area contributed by atoms with Gasteiger partial charge in [-0.25, -0.2) is 4.79 Å². The highest BCUT2D eigenvalue weighted by atomic mass is 16.5. The summed E-state index contributed by atoms with van der Waals surface area (Å²) in [6.45, 7) is 5.72. The SMILES string of the molecule is CC1OC(C)C(C(=O)Nc2ccc(C(=O)O)cc2O)C1C. The molecule has 1 aliphatic rings. The summed E-state index contributed by atoms with van der Waals surface area (Å²) >= 11 is 0. The van der Waals surface area contributed by atoms with Gasteiger partial charge in [-0.1, -0.05) is 6.92 Å². The van der Waals surface area contributed by atoms with Crippen LogP contribution < -0.4 is 5.32 Å². The zero-order valence-electron chi connectivity index (χ0n) is 12.2. The summed E-state index contributed by atoms with van der Waals surface area (Å²) in [7, 11) is 0. The number of rotatable bonds is 3. The Labute approximate surface area is 122 Å². The second kappa shape index (κ2) is 5.73. The first-order valence-corrected chi connectivity index (χ1v) is 6.84. The van der Waals surface area contributed by atoms with Crippen LogP contribution in [0.5, 0.6) is 5.75 Å². The Balaban J connectivity index is 2.15. The van der Waals surface area contributed by atoms with E-state index >= 15 is 0 Å². The summed E-state index contributed by atoms with van der Waals surface area (Å²) in [5.74, 6) is -1.88. The molecule has 0 spiro atoms. The van der Waals surface area contributed by atoms with E-state index in [0.29, 0.717) is 0 Å². The van der Waals surface area contributed by atoms with Crippen LogP contribution in [0.4, 0.5) is 5.69 Å². The maximum Gasteiger partial charge on any atom is 0.335 e. The summed E-state index contributed by atoms with van der Waals surface area (Å²) in [6.07, 6.45) is -0.200. The fourth-order valence-corrected chi connectivity index (χ4v) is 2.71. The minimum absolute atomic E-state index is 0.00117. The number of anilines is 1. The van der Waals surface area contributed by atoms with Gasteiger partial charge in [-0.15, -0.1) is 0 Å². The number of aromatic hydroxyl groups is 1. The zero-order valence-corrected chi connectivity index (χ0v) is 12.2. The number of amides is 1. The molecule has 0 aliphatic carbocycles. The van der Waals surface area contributed by atoms with Crippen molar-refractivity contribution in [3.63, 3.8) is 0 Å². The Morgan fingerprint density at radius 3 is 2.33 bits per heavy atom. The Morgan fingerprint density at radius 1 is 1.19 bits per heavy atom. The van der Waals surface area contributed by atoms with Crippen LogP contribution in [0, 0.1) is 11.8 Å². The third-order valence-corrected chi connectivity index (χ3v) is 4.05. The summed E-state index contributed by atoms with van der Waals surface area (Å²) in [4.78, 5) is 23.1. The first-order chi connectivity index (χ1) is 9.81. The minimum atomic E-state index is -1.14. The van der Waals surface area contributed by atoms with Crippen molar-refractivity contribution in [2.75, 3.05) is 5.32 Å². The third kappa shape index (κ3) is 3.00. The smallest absolute Gasteiger partial charge is 0.335 e. The molecule has 1 saturated heterocycles. The van der Waals surface area contributed by atoms with Crippen LogP contribution in [-0.4, -0.2) is 34.3 Å². The van der Waals surface area contributed by atoms with Gasteiger partial charge in [0.15, 0.2) is 0 Å². The maximum absolute atomic E-state index is 12.3. The lowest BCUT2D eigenvalue weighted by Crippen LogP contribution is -2.32. The van der Waals surface area contributed by atoms with Crippen molar-refractivity contribution in [1.82, 2.24) is 0 Å². The number of phenols is 1. The van der Waals surface area contributed by atoms with Gasteiger partial charge in [-0.3, -0.25) is 4.79 Å². The molecule has 1 amide bonds. The molecule has 0 radical (unpaired) electrons. The Hall–Kier alpha value is -2.08. The van der Waals surface area contributed by atoms with Crippen LogP contribution in [0.3, 0.4) is 0 Å². The number of aromatic carboxylic acids is 1. The maximum atomic E-state index is 12.3. The zero-order chi connectivity index (χ0) is 15.7. The summed E-state index contributed by atoms with van der Waals surface area (Å²) < 4.78 is 5.62. The quantitative estimate of drug-likeness (QED) is 0.742. The van der Waals surface area contributed by atoms with Crippen molar-refractivity contribution in [3.8, 4) is 5.75 Å². The van der Waals surface area contributed by atoms with Crippen molar-refractivity contribution >= 4 is 17.6 Å². The van der Waals surface area contributed by atoms with Gasteiger partial charge in [0.05, 0.1) is 29.4 Å². The summed E-state index contributed by atoms with van der Waals surface area (Å²) in [5.41, 5.74) is 0.161. The lowest BCUT2D eigenvalue weighted by Gasteiger charge is -2.18. The highest BCUT2D eigenvalue weighted by molar-refractivity contribution is 5.96. The van der Waals surface area contributed by atoms with Crippen LogP contribution in [-0.2, 0) is 9.53 Å². The van der Waals surface area contributed by atoms with Gasteiger partial charge in [0.2, 0.25) is 5.91 Å². The van der Waals surface area contributed by atoms with Gasteiger partial charge in [0.1, 0.15) is 5.75 Å². The number of nitrogens with one attached hydrogen (secondary N) is 1. The molecule has 0 aromatic heterocycles. The Kier molecular flexibility index (Phi) is 4.18. The number of ether oxygens (including phenoxy) is 1. The summed E-state index contributed by atoms with van der Waals surface area (Å²) in [5, 5.41) is 21.3. The van der Waals surface area contributed by atoms with Gasteiger partial charge in [0, 0.05) is 0 Å². The van der Waals surface area contributed by atoms with E-state index in [0.717, 1.165) is 6.07 Å². The van der Waals surface area contributed by atoms with E-state index in [4.69, 9.17) is 9.84 Å². The number of phenolic OH excluding ortho intramolecular Hbond substituents is 1. The molecular formula is C15H19NO5. The van der Waals surface area contributed by atoms with Gasteiger partial charge < -0.3 is 20.3 Å². The van der Waals surface area contributed by atoms with Crippen LogP contribution in [0.25, 0.3) is 0 Å². The first-order valence-electron chi connectivity index (χ1n) is 6.84. The number of carboxylic acids is 1. The molecule has 6 heteroatoms. The first kappa shape index (κ1) is 15.3. The second-order valence-corrected chi connectivity index (χ2v) is 5.46. The molecule has 4 unspecified atom stereocenters. The van der Waals surface area contributed by atoms with E-state index in [-0.39, 0.29) is 47.0 Å². The predicted octanol–water partition coefficient (Wildman–Crippen LogP) is 2.09. The number of hydrogen-bond acceptors (Lipinski definition) is 4. The third-order valence-electron chi connectivity index (χ3n) is 4.05. The molecule has 1 fully saturated rings. The number of benzene rings is 1. The lowest BCUT2D eigenvalue weighted by molar-refractivity contribution is -0.122. The van der Waals surface area contributed by atoms with E-state index in [9.17, 15) is 14.7 Å². The lowest BCUT2D eigenvalue weighted by atomic mass is 9.89. The molecule has 1 heterocycles. The fraction of sp³-hybridized carbons (Fsp3) is 0.467. The molecule has 4 atom stereocenters. The molecule has 21 heavy (non-hydrogen) atoms. The van der Waals surface area contributed by atoms with Gasteiger partial charge in [-0.2, -0.15) is 0 Å². The standard InChI is InChI=1S/C15H19NO5/c1-7-8(2)21-9(3)13(7)14(18)16-11-5-4-10(15(19)20)6-12(11)17/h4-9,13,17H,1-3H3,(H,16,18)(H,19,20). The van der Waals surface area contributed by atoms with Crippen molar-refractivity contribution in [1.29, 1.82) is 0 Å². The Morgan fingerprint density at radius 2 is 1.86 bits per heavy atom. The van der Waals surface area contributed by atoms with E-state index in [1.165, 1.54) is 12.1 Å². The van der Waals surface area contributed by atoms with Crippen molar-refractivity contribution in [2.45, 2.75) is 33.0 Å². The molecular weight excluding hydrogens is 274 g/mol. The number of hydrogen-bond donors (Lipinski definition) is 3. The van der Waals surface area contributed by atoms with E-state index in [2.05, 4.69) is 5.32 Å². The van der Waals surface area contributed by atoms with Crippen LogP contribution in [0.2, 0.25) is 0 Å². The molecule has 3 N–H and O–H groups in total. The number of carboxylic acid groups (broad SMARTS) is 1. The number of carbonyl (C=O) groups is 2. The topological polar surface area (TPSA) is 95.9 Å². The molecule has 0 saturated carbocycles. The molecule has 6 nitrogen and oxygen atoms in total. The Bertz CT molecular complexity index is 571. The minimum Gasteiger partial charge on any atom is -0.506 e. The molecule has 1 aliphatic heterocycles. The van der Waals surface area contributed by atoms with Crippen LogP contribution in [0.1, 0.15) is 31.1 Å². The van der Waals surface area contributed by atoms with E-state index in [1.54, 1.807) is 0 Å². The molecule has 1 aromatic rings. The van der Waals surface area contributed by atoms with Crippen molar-refractivity contribution in [3.05, 3.63) is 23.8 Å². The van der Waals surface area contributed by atoms with Gasteiger partial charge in [0.25, 0.3) is 0 Å². The predicted molar refractivity (Wildman–Crippen MR) is 76.4 cm³/mol. The summed E-state index contributed by atoms with van der Waals surface area (Å²) in [6, 6.07) is 3.82. The number of carbonyl (C=O) groups excluding carboxylic acids is 1. The van der Waals surface area contributed by atoms with Crippen LogP contribution in [0.15, 0.2) is 18.2 Å². The van der Waals surface area contributed by atoms with Crippen molar-refractivity contribution in [2.24, 2.45) is 11.8 Å². The highest BCUT2D eigenvalue weighted by Crippen LogP contribution is 2.34. The monoisotopic (exact) mass is 293 g/mol. The van der Waals surface area contributed by atoms with Crippen LogP contribution >= 0.6 is 0 Å². The second-order valence-electron chi connectivity index (χ2n) is 5.46. The molecule has 0 bridgehead atoms. The molecule has 1 aromatic carbocycles. The normalized spacial score (nSPS) is 28.3. The fourth-order valence-electron chi connectivity index (χ4n) is 2.71. The van der Waals surface area contributed by atoms with E-state index in [1.807, 2.05) is 20.8 Å². The average Bonchev–Trinajstić information content (AvgIpc) is 2.65.